The van der Waals surface area contributed by atoms with E-state index in [0.29, 0.717) is 0 Å². The van der Waals surface area contributed by atoms with Crippen LogP contribution in [0.25, 0.3) is 0 Å². The molecule has 2 N–H and O–H groups in total. The van der Waals surface area contributed by atoms with E-state index in [9.17, 15) is 9.18 Å². The third-order valence-electron chi connectivity index (χ3n) is 2.88. The lowest BCUT2D eigenvalue weighted by Crippen LogP contribution is -2.52. The van der Waals surface area contributed by atoms with Crippen LogP contribution in [0.5, 0.6) is 0 Å². The molecule has 3 nitrogen and oxygen atoms in total. The molecule has 0 spiro atoms. The molecule has 0 saturated heterocycles. The van der Waals surface area contributed by atoms with Crippen LogP contribution in [0.3, 0.4) is 0 Å². The second-order valence-corrected chi connectivity index (χ2v) is 4.91. The molecule has 0 fully saturated rings. The average Bonchev–Trinajstić information content (AvgIpc) is 2.28. The number of carbonyl (C=O) groups excluding carboxylic acids is 1. The molecule has 0 radical (unpaired) electrons. The molecule has 0 saturated carbocycles. The fourth-order valence-corrected chi connectivity index (χ4v) is 1.76. The lowest BCUT2D eigenvalue weighted by Gasteiger charge is -2.26. The summed E-state index contributed by atoms with van der Waals surface area (Å²) in [6.45, 7) is 8.16. The number of nitrogens with one attached hydrogen (secondary N) is 2. The molecule has 1 atom stereocenters. The minimum atomic E-state index is -0.629. The van der Waals surface area contributed by atoms with E-state index in [1.54, 1.807) is 12.1 Å². The Kier molecular flexibility index (Phi) is 4.84. The highest BCUT2D eigenvalue weighted by atomic mass is 19.1. The van der Waals surface area contributed by atoms with Crippen LogP contribution in [-0.2, 0) is 4.79 Å². The molecule has 1 aromatic rings. The van der Waals surface area contributed by atoms with E-state index in [4.69, 9.17) is 0 Å². The molecule has 1 amide bonds. The van der Waals surface area contributed by atoms with Crippen LogP contribution in [0.15, 0.2) is 24.3 Å². The Balaban J connectivity index is 2.70. The summed E-state index contributed by atoms with van der Waals surface area (Å²) in [5, 5.41) is 5.98. The van der Waals surface area contributed by atoms with Gasteiger partial charge >= 0.3 is 0 Å². The Morgan fingerprint density at radius 3 is 2.67 bits per heavy atom. The Bertz CT molecular complexity index is 418. The van der Waals surface area contributed by atoms with Crippen molar-refractivity contribution in [1.82, 2.24) is 10.6 Å². The van der Waals surface area contributed by atoms with Crippen LogP contribution < -0.4 is 10.6 Å². The smallest absolute Gasteiger partial charge is 0.240 e. The average molecular weight is 252 g/mol. The summed E-state index contributed by atoms with van der Waals surface area (Å²) in [6.07, 6.45) is 0. The predicted molar refractivity (Wildman–Crippen MR) is 70.7 cm³/mol. The molecule has 0 aliphatic carbocycles. The largest absolute Gasteiger partial charge is 0.348 e. The molecule has 0 bridgehead atoms. The second kappa shape index (κ2) is 5.96. The van der Waals surface area contributed by atoms with Crippen LogP contribution in [0.4, 0.5) is 4.39 Å². The molecule has 1 aromatic carbocycles. The van der Waals surface area contributed by atoms with Gasteiger partial charge in [0.1, 0.15) is 5.82 Å². The number of hydrogen-bond donors (Lipinski definition) is 2. The van der Waals surface area contributed by atoms with Crippen LogP contribution in [0.1, 0.15) is 39.3 Å². The predicted octanol–water partition coefficient (Wildman–Crippen LogP) is 2.39. The summed E-state index contributed by atoms with van der Waals surface area (Å²) in [5.74, 6) is -0.388. The maximum atomic E-state index is 13.1. The van der Waals surface area contributed by atoms with Gasteiger partial charge in [-0.25, -0.2) is 4.39 Å². The maximum Gasteiger partial charge on any atom is 0.240 e. The standard InChI is InChI=1S/C14H21FN2O/c1-5-16-14(3,4)13(18)17-10(2)11-7-6-8-12(15)9-11/h6-10,16H,5H2,1-4H3,(H,17,18)/t10-/m1/s1. The van der Waals surface area contributed by atoms with E-state index in [2.05, 4.69) is 10.6 Å². The number of hydrogen-bond acceptors (Lipinski definition) is 2. The van der Waals surface area contributed by atoms with Gasteiger partial charge in [0.15, 0.2) is 0 Å². The van der Waals surface area contributed by atoms with Crippen LogP contribution in [-0.4, -0.2) is 18.0 Å². The van der Waals surface area contributed by atoms with E-state index < -0.39 is 5.54 Å². The molecule has 0 heterocycles. The first kappa shape index (κ1) is 14.6. The zero-order valence-corrected chi connectivity index (χ0v) is 11.4. The van der Waals surface area contributed by atoms with Crippen molar-refractivity contribution in [1.29, 1.82) is 0 Å². The van der Waals surface area contributed by atoms with Crippen LogP contribution in [0.2, 0.25) is 0 Å². The van der Waals surface area contributed by atoms with Gasteiger partial charge in [-0.15, -0.1) is 0 Å². The first-order valence-corrected chi connectivity index (χ1v) is 6.18. The molecule has 0 aromatic heterocycles. The van der Waals surface area contributed by atoms with Crippen LogP contribution in [0, 0.1) is 5.82 Å². The molecule has 1 rings (SSSR count). The van der Waals surface area contributed by atoms with Gasteiger partial charge in [-0.2, -0.15) is 0 Å². The van der Waals surface area contributed by atoms with Gasteiger partial charge in [-0.05, 0) is 45.0 Å². The number of carbonyl (C=O) groups is 1. The van der Waals surface area contributed by atoms with Crippen molar-refractivity contribution in [3.8, 4) is 0 Å². The van der Waals surface area contributed by atoms with Gasteiger partial charge < -0.3 is 10.6 Å². The van der Waals surface area contributed by atoms with Crippen LogP contribution >= 0.6 is 0 Å². The Morgan fingerprint density at radius 2 is 2.11 bits per heavy atom. The van der Waals surface area contributed by atoms with Crippen molar-refractivity contribution < 1.29 is 9.18 Å². The zero-order valence-electron chi connectivity index (χ0n) is 11.4. The zero-order chi connectivity index (χ0) is 13.8. The molecule has 0 aliphatic heterocycles. The fraction of sp³-hybridized carbons (Fsp3) is 0.500. The maximum absolute atomic E-state index is 13.1. The summed E-state index contributed by atoms with van der Waals surface area (Å²) in [7, 11) is 0. The van der Waals surface area contributed by atoms with E-state index in [1.165, 1.54) is 12.1 Å². The van der Waals surface area contributed by atoms with E-state index >= 15 is 0 Å². The molecule has 18 heavy (non-hydrogen) atoms. The molecular weight excluding hydrogens is 231 g/mol. The number of rotatable bonds is 5. The van der Waals surface area contributed by atoms with Crippen molar-refractivity contribution >= 4 is 5.91 Å². The molecular formula is C14H21FN2O. The molecule has 0 aliphatic rings. The Morgan fingerprint density at radius 1 is 1.44 bits per heavy atom. The van der Waals surface area contributed by atoms with Gasteiger partial charge in [0, 0.05) is 0 Å². The summed E-state index contributed by atoms with van der Waals surface area (Å²) < 4.78 is 13.1. The van der Waals surface area contributed by atoms with E-state index in [0.717, 1.165) is 12.1 Å². The van der Waals surface area contributed by atoms with Crippen molar-refractivity contribution in [3.63, 3.8) is 0 Å². The molecule has 100 valence electrons. The summed E-state index contributed by atoms with van der Waals surface area (Å²) in [5.41, 5.74) is 0.131. The number of benzene rings is 1. The number of likely N-dealkylation sites (N-methyl/N-ethyl adjacent to an activating group) is 1. The third-order valence-corrected chi connectivity index (χ3v) is 2.88. The Hall–Kier alpha value is -1.42. The fourth-order valence-electron chi connectivity index (χ4n) is 1.76. The Labute approximate surface area is 108 Å². The minimum absolute atomic E-state index is 0.0962. The third kappa shape index (κ3) is 3.81. The number of amides is 1. The summed E-state index contributed by atoms with van der Waals surface area (Å²) in [4.78, 5) is 12.1. The SMILES string of the molecule is CCNC(C)(C)C(=O)N[C@H](C)c1cccc(F)c1. The highest BCUT2D eigenvalue weighted by Gasteiger charge is 2.27. The highest BCUT2D eigenvalue weighted by molar-refractivity contribution is 5.85. The summed E-state index contributed by atoms with van der Waals surface area (Å²) >= 11 is 0. The van der Waals surface area contributed by atoms with Gasteiger partial charge in [0.05, 0.1) is 11.6 Å². The van der Waals surface area contributed by atoms with Crippen molar-refractivity contribution in [2.45, 2.75) is 39.3 Å². The lowest BCUT2D eigenvalue weighted by atomic mass is 10.0. The van der Waals surface area contributed by atoms with Gasteiger partial charge in [-0.3, -0.25) is 4.79 Å². The second-order valence-electron chi connectivity index (χ2n) is 4.91. The highest BCUT2D eigenvalue weighted by Crippen LogP contribution is 2.14. The van der Waals surface area contributed by atoms with Gasteiger partial charge in [0.2, 0.25) is 5.91 Å². The topological polar surface area (TPSA) is 41.1 Å². The first-order chi connectivity index (χ1) is 8.36. The van der Waals surface area contributed by atoms with Crippen molar-refractivity contribution in [2.75, 3.05) is 6.54 Å². The van der Waals surface area contributed by atoms with Crippen molar-refractivity contribution in [2.24, 2.45) is 0 Å². The first-order valence-electron chi connectivity index (χ1n) is 6.18. The monoisotopic (exact) mass is 252 g/mol. The number of halogens is 1. The molecule has 4 heteroatoms. The normalized spacial score (nSPS) is 13.2. The van der Waals surface area contributed by atoms with E-state index in [1.807, 2.05) is 27.7 Å². The van der Waals surface area contributed by atoms with E-state index in [-0.39, 0.29) is 17.8 Å². The molecule has 0 unspecified atom stereocenters. The lowest BCUT2D eigenvalue weighted by molar-refractivity contribution is -0.127. The summed E-state index contributed by atoms with van der Waals surface area (Å²) in [6, 6.07) is 6.05. The van der Waals surface area contributed by atoms with Gasteiger partial charge in [0.25, 0.3) is 0 Å². The minimum Gasteiger partial charge on any atom is -0.348 e. The van der Waals surface area contributed by atoms with Gasteiger partial charge in [-0.1, -0.05) is 19.1 Å². The van der Waals surface area contributed by atoms with Crippen molar-refractivity contribution in [3.05, 3.63) is 35.6 Å². The quantitative estimate of drug-likeness (QED) is 0.845.